The Kier molecular flexibility index (Phi) is 7.53. The molecule has 1 atom stereocenters. The maximum absolute atomic E-state index is 12.7. The Morgan fingerprint density at radius 3 is 2.89 bits per heavy atom. The summed E-state index contributed by atoms with van der Waals surface area (Å²) >= 11 is 2.87. The summed E-state index contributed by atoms with van der Waals surface area (Å²) in [5.41, 5.74) is 3.11. The minimum Gasteiger partial charge on any atom is -0.486 e. The molecule has 7 nitrogen and oxygen atoms in total. The molecule has 3 aromatic rings. The van der Waals surface area contributed by atoms with E-state index in [1.54, 1.807) is 11.3 Å². The van der Waals surface area contributed by atoms with Gasteiger partial charge in [0.2, 0.25) is 5.91 Å². The number of carbonyl (C=O) groups is 1. The van der Waals surface area contributed by atoms with Crippen molar-refractivity contribution in [1.82, 2.24) is 14.8 Å². The summed E-state index contributed by atoms with van der Waals surface area (Å²) in [6.07, 6.45) is 2.94. The molecule has 0 spiro atoms. The number of nitriles is 1. The van der Waals surface area contributed by atoms with Crippen molar-refractivity contribution < 1.29 is 9.53 Å². The largest absolute Gasteiger partial charge is 0.486 e. The quantitative estimate of drug-likeness (QED) is 0.422. The molecule has 2 aromatic heterocycles. The van der Waals surface area contributed by atoms with Crippen molar-refractivity contribution in [3.8, 4) is 11.8 Å². The fourth-order valence-corrected chi connectivity index (χ4v) is 6.30. The molecule has 1 aliphatic rings. The Hall–Kier alpha value is -2.83. The van der Waals surface area contributed by atoms with Gasteiger partial charge in [0.1, 0.15) is 23.4 Å². The highest BCUT2D eigenvalue weighted by Gasteiger charge is 2.32. The number of nitrogens with one attached hydrogen (secondary N) is 1. The highest BCUT2D eigenvalue weighted by molar-refractivity contribution is 7.99. The van der Waals surface area contributed by atoms with Gasteiger partial charge in [-0.3, -0.25) is 4.79 Å². The lowest BCUT2D eigenvalue weighted by Gasteiger charge is -2.33. The second kappa shape index (κ2) is 10.4. The van der Waals surface area contributed by atoms with Crippen LogP contribution in [0.3, 0.4) is 0 Å². The minimum absolute atomic E-state index is 0.155. The maximum Gasteiger partial charge on any atom is 0.235 e. The molecule has 35 heavy (non-hydrogen) atoms. The topological polar surface area (TPSA) is 92.8 Å². The number of carbonyl (C=O) groups excluding carboxylic acids is 1. The fourth-order valence-electron chi connectivity index (χ4n) is 4.27. The Bertz CT molecular complexity index is 1270. The molecule has 9 heteroatoms. The molecular weight excluding hydrogens is 478 g/mol. The van der Waals surface area contributed by atoms with Crippen LogP contribution in [0.1, 0.15) is 54.6 Å². The van der Waals surface area contributed by atoms with Gasteiger partial charge >= 0.3 is 0 Å². The summed E-state index contributed by atoms with van der Waals surface area (Å²) in [5.74, 6) is 2.07. The first-order chi connectivity index (χ1) is 16.7. The molecule has 0 saturated heterocycles. The van der Waals surface area contributed by atoms with Crippen LogP contribution >= 0.6 is 23.1 Å². The molecule has 0 radical (unpaired) electrons. The van der Waals surface area contributed by atoms with E-state index < -0.39 is 0 Å². The van der Waals surface area contributed by atoms with Crippen LogP contribution in [-0.4, -0.2) is 26.4 Å². The molecule has 1 amide bonds. The van der Waals surface area contributed by atoms with E-state index in [-0.39, 0.29) is 17.1 Å². The van der Waals surface area contributed by atoms with E-state index in [1.807, 2.05) is 42.8 Å². The van der Waals surface area contributed by atoms with E-state index in [1.165, 1.54) is 16.6 Å². The number of thioether (sulfide) groups is 1. The monoisotopic (exact) mass is 509 g/mol. The summed E-state index contributed by atoms with van der Waals surface area (Å²) < 4.78 is 7.66. The lowest BCUT2D eigenvalue weighted by atomic mass is 9.72. The van der Waals surface area contributed by atoms with Crippen molar-refractivity contribution in [1.29, 1.82) is 5.26 Å². The van der Waals surface area contributed by atoms with Crippen molar-refractivity contribution in [3.05, 3.63) is 51.7 Å². The zero-order valence-electron chi connectivity index (χ0n) is 20.8. The van der Waals surface area contributed by atoms with Crippen molar-refractivity contribution in [2.45, 2.75) is 58.7 Å². The highest BCUT2D eigenvalue weighted by atomic mass is 32.2. The number of thiophene rings is 1. The van der Waals surface area contributed by atoms with Crippen LogP contribution < -0.4 is 10.1 Å². The highest BCUT2D eigenvalue weighted by Crippen LogP contribution is 2.44. The van der Waals surface area contributed by atoms with Gasteiger partial charge < -0.3 is 14.6 Å². The third-order valence-electron chi connectivity index (χ3n) is 6.47. The standard InChI is InChI=1S/C26H31N5O2S2/c1-16-7-6-8-18(11-16)33-14-22-29-30-25(31(22)5)34-15-23(32)28-24-20(13-27)19-10-9-17(26(2,3)4)12-21(19)35-24/h6-8,11,17H,9-10,12,14-15H2,1-5H3,(H,28,32). The summed E-state index contributed by atoms with van der Waals surface area (Å²) in [6, 6.07) is 10.2. The lowest BCUT2D eigenvalue weighted by Crippen LogP contribution is -2.26. The predicted molar refractivity (Wildman–Crippen MR) is 140 cm³/mol. The molecule has 1 aromatic carbocycles. The lowest BCUT2D eigenvalue weighted by molar-refractivity contribution is -0.113. The molecule has 1 aliphatic carbocycles. The molecule has 184 valence electrons. The van der Waals surface area contributed by atoms with Crippen LogP contribution in [0.2, 0.25) is 0 Å². The van der Waals surface area contributed by atoms with Gasteiger partial charge in [0.05, 0.1) is 11.3 Å². The minimum atomic E-state index is -0.155. The summed E-state index contributed by atoms with van der Waals surface area (Å²) in [7, 11) is 1.86. The van der Waals surface area contributed by atoms with Gasteiger partial charge in [-0.25, -0.2) is 0 Å². The second-order valence-corrected chi connectivity index (χ2v) is 12.1. The molecule has 4 rings (SSSR count). The average Bonchev–Trinajstić information content (AvgIpc) is 3.34. The van der Waals surface area contributed by atoms with Gasteiger partial charge in [0, 0.05) is 11.9 Å². The Balaban J connectivity index is 1.35. The zero-order chi connectivity index (χ0) is 25.2. The third-order valence-corrected chi connectivity index (χ3v) is 8.66. The predicted octanol–water partition coefficient (Wildman–Crippen LogP) is 5.52. The van der Waals surface area contributed by atoms with Crippen LogP contribution in [0.15, 0.2) is 29.4 Å². The number of nitrogens with zero attached hydrogens (tertiary/aromatic N) is 4. The molecule has 0 bridgehead atoms. The van der Waals surface area contributed by atoms with Crippen LogP contribution in [0, 0.1) is 29.6 Å². The van der Waals surface area contributed by atoms with E-state index in [0.717, 1.165) is 36.1 Å². The fraction of sp³-hybridized carbons (Fsp3) is 0.462. The maximum atomic E-state index is 12.7. The first kappa shape index (κ1) is 25.3. The SMILES string of the molecule is Cc1cccc(OCc2nnc(SCC(=O)Nc3sc4c(c3C#N)CCC(C(C)(C)C)C4)n2C)c1. The number of benzene rings is 1. The molecule has 2 heterocycles. The zero-order valence-corrected chi connectivity index (χ0v) is 22.5. The number of fused-ring (bicyclic) bond motifs is 1. The molecular formula is C26H31N5O2S2. The normalized spacial score (nSPS) is 15.4. The Labute approximate surface area is 214 Å². The van der Waals surface area contributed by atoms with Gasteiger partial charge in [-0.2, -0.15) is 5.26 Å². The van der Waals surface area contributed by atoms with E-state index >= 15 is 0 Å². The van der Waals surface area contributed by atoms with Gasteiger partial charge in [0.25, 0.3) is 0 Å². The number of aromatic nitrogens is 3. The number of hydrogen-bond acceptors (Lipinski definition) is 7. The summed E-state index contributed by atoms with van der Waals surface area (Å²) in [6.45, 7) is 9.13. The number of aryl methyl sites for hydroxylation is 1. The average molecular weight is 510 g/mol. The molecule has 0 saturated carbocycles. The van der Waals surface area contributed by atoms with Gasteiger partial charge in [-0.15, -0.1) is 21.5 Å². The number of amides is 1. The summed E-state index contributed by atoms with van der Waals surface area (Å²) in [4.78, 5) is 14.0. The van der Waals surface area contributed by atoms with E-state index in [9.17, 15) is 10.1 Å². The number of anilines is 1. The molecule has 1 unspecified atom stereocenters. The van der Waals surface area contributed by atoms with Crippen LogP contribution in [0.4, 0.5) is 5.00 Å². The van der Waals surface area contributed by atoms with E-state index in [0.29, 0.717) is 34.1 Å². The summed E-state index contributed by atoms with van der Waals surface area (Å²) in [5, 5.41) is 22.5. The smallest absolute Gasteiger partial charge is 0.235 e. The first-order valence-electron chi connectivity index (χ1n) is 11.7. The van der Waals surface area contributed by atoms with Crippen LogP contribution in [0.5, 0.6) is 5.75 Å². The number of hydrogen-bond donors (Lipinski definition) is 1. The van der Waals surface area contributed by atoms with Crippen molar-refractivity contribution in [2.24, 2.45) is 18.4 Å². The van der Waals surface area contributed by atoms with Gasteiger partial charge in [-0.1, -0.05) is 44.7 Å². The van der Waals surface area contributed by atoms with Crippen molar-refractivity contribution >= 4 is 34.0 Å². The molecule has 0 fully saturated rings. The van der Waals surface area contributed by atoms with Gasteiger partial charge in [0.15, 0.2) is 11.0 Å². The van der Waals surface area contributed by atoms with Gasteiger partial charge in [-0.05, 0) is 60.8 Å². The van der Waals surface area contributed by atoms with E-state index in [4.69, 9.17) is 4.74 Å². The molecule has 1 N–H and O–H groups in total. The first-order valence-corrected chi connectivity index (χ1v) is 13.5. The molecule has 0 aliphatic heterocycles. The van der Waals surface area contributed by atoms with Crippen LogP contribution in [0.25, 0.3) is 0 Å². The van der Waals surface area contributed by atoms with E-state index in [2.05, 4.69) is 42.4 Å². The second-order valence-electron chi connectivity index (χ2n) is 10.0. The van der Waals surface area contributed by atoms with Crippen LogP contribution in [-0.2, 0) is 31.3 Å². The number of rotatable bonds is 7. The third kappa shape index (κ3) is 5.88. The Morgan fingerprint density at radius 2 is 2.17 bits per heavy atom. The Morgan fingerprint density at radius 1 is 1.37 bits per heavy atom. The van der Waals surface area contributed by atoms with Crippen molar-refractivity contribution in [2.75, 3.05) is 11.1 Å². The van der Waals surface area contributed by atoms with Crippen molar-refractivity contribution in [3.63, 3.8) is 0 Å². The number of ether oxygens (including phenoxy) is 1.